The number of rotatable bonds is 7. The summed E-state index contributed by atoms with van der Waals surface area (Å²) in [5.74, 6) is 2.00. The predicted octanol–water partition coefficient (Wildman–Crippen LogP) is 4.39. The van der Waals surface area contributed by atoms with Gasteiger partial charge in [-0.25, -0.2) is 0 Å². The summed E-state index contributed by atoms with van der Waals surface area (Å²) < 4.78 is 12.1. The van der Waals surface area contributed by atoms with Gasteiger partial charge in [0.2, 0.25) is 0 Å². The molecular formula is C26H32N2O3. The summed E-state index contributed by atoms with van der Waals surface area (Å²) >= 11 is 0. The van der Waals surface area contributed by atoms with Crippen molar-refractivity contribution in [3.63, 3.8) is 0 Å². The largest absolute Gasteiger partial charge is 0.492 e. The first-order chi connectivity index (χ1) is 15.1. The summed E-state index contributed by atoms with van der Waals surface area (Å²) in [4.78, 5) is 15.0. The molecule has 2 heterocycles. The SMILES string of the molecule is CC(C)NC(=O)c1ccccc1OCC1CCCN(CC2=Cc3ccccc3OC2)C1. The van der Waals surface area contributed by atoms with Crippen molar-refractivity contribution >= 4 is 12.0 Å². The van der Waals surface area contributed by atoms with Crippen molar-refractivity contribution in [2.45, 2.75) is 32.7 Å². The van der Waals surface area contributed by atoms with Crippen molar-refractivity contribution in [2.24, 2.45) is 5.92 Å². The monoisotopic (exact) mass is 420 g/mol. The van der Waals surface area contributed by atoms with Crippen molar-refractivity contribution in [1.29, 1.82) is 0 Å². The molecule has 1 amide bonds. The topological polar surface area (TPSA) is 50.8 Å². The first-order valence-electron chi connectivity index (χ1n) is 11.2. The van der Waals surface area contributed by atoms with Gasteiger partial charge in [0, 0.05) is 30.6 Å². The van der Waals surface area contributed by atoms with Gasteiger partial charge in [0.25, 0.3) is 5.91 Å². The number of carbonyl (C=O) groups excluding carboxylic acids is 1. The van der Waals surface area contributed by atoms with Gasteiger partial charge >= 0.3 is 0 Å². The average Bonchev–Trinajstić information content (AvgIpc) is 2.77. The minimum Gasteiger partial charge on any atom is -0.492 e. The van der Waals surface area contributed by atoms with Crippen molar-refractivity contribution in [3.8, 4) is 11.5 Å². The van der Waals surface area contributed by atoms with E-state index in [4.69, 9.17) is 9.47 Å². The number of likely N-dealkylation sites (tertiary alicyclic amines) is 1. The summed E-state index contributed by atoms with van der Waals surface area (Å²) in [6, 6.07) is 15.8. The van der Waals surface area contributed by atoms with E-state index in [1.54, 1.807) is 0 Å². The van der Waals surface area contributed by atoms with Gasteiger partial charge in [0.05, 0.1) is 12.2 Å². The number of fused-ring (bicyclic) bond motifs is 1. The molecule has 2 aromatic rings. The number of piperidine rings is 1. The Morgan fingerprint density at radius 3 is 2.87 bits per heavy atom. The molecule has 5 heteroatoms. The van der Waals surface area contributed by atoms with Crippen LogP contribution in [0.1, 0.15) is 42.6 Å². The van der Waals surface area contributed by atoms with Crippen LogP contribution in [0.4, 0.5) is 0 Å². The molecule has 0 radical (unpaired) electrons. The molecule has 1 unspecified atom stereocenters. The molecule has 1 saturated heterocycles. The molecule has 0 saturated carbocycles. The maximum absolute atomic E-state index is 12.5. The molecule has 5 nitrogen and oxygen atoms in total. The Balaban J connectivity index is 1.33. The van der Waals surface area contributed by atoms with E-state index in [-0.39, 0.29) is 11.9 Å². The Morgan fingerprint density at radius 1 is 1.19 bits per heavy atom. The molecule has 4 rings (SSSR count). The molecule has 2 aromatic carbocycles. The number of para-hydroxylation sites is 2. The lowest BCUT2D eigenvalue weighted by molar-refractivity contribution is 0.0934. The molecule has 0 aliphatic carbocycles. The normalized spacial score (nSPS) is 18.7. The third-order valence-electron chi connectivity index (χ3n) is 5.75. The maximum atomic E-state index is 12.5. The fourth-order valence-electron chi connectivity index (χ4n) is 4.30. The van der Waals surface area contributed by atoms with Gasteiger partial charge in [0.1, 0.15) is 18.1 Å². The quantitative estimate of drug-likeness (QED) is 0.722. The second-order valence-corrected chi connectivity index (χ2v) is 8.81. The van der Waals surface area contributed by atoms with E-state index < -0.39 is 0 Å². The van der Waals surface area contributed by atoms with E-state index in [0.717, 1.165) is 43.8 Å². The van der Waals surface area contributed by atoms with Crippen LogP contribution in [0.3, 0.4) is 0 Å². The zero-order valence-electron chi connectivity index (χ0n) is 18.5. The summed E-state index contributed by atoms with van der Waals surface area (Å²) in [5.41, 5.74) is 3.08. The van der Waals surface area contributed by atoms with E-state index in [2.05, 4.69) is 28.4 Å². The third-order valence-corrected chi connectivity index (χ3v) is 5.75. The van der Waals surface area contributed by atoms with Gasteiger partial charge in [0.15, 0.2) is 0 Å². The van der Waals surface area contributed by atoms with Crippen LogP contribution >= 0.6 is 0 Å². The Hall–Kier alpha value is -2.79. The average molecular weight is 421 g/mol. The number of carbonyl (C=O) groups is 1. The molecule has 1 N–H and O–H groups in total. The minimum atomic E-state index is -0.0830. The second kappa shape index (κ2) is 10.0. The predicted molar refractivity (Wildman–Crippen MR) is 124 cm³/mol. The summed E-state index contributed by atoms with van der Waals surface area (Å²) in [6.45, 7) is 8.24. The van der Waals surface area contributed by atoms with Crippen LogP contribution in [0.2, 0.25) is 0 Å². The van der Waals surface area contributed by atoms with E-state index in [1.165, 1.54) is 5.57 Å². The number of nitrogens with zero attached hydrogens (tertiary/aromatic N) is 1. The van der Waals surface area contributed by atoms with Crippen LogP contribution in [0.15, 0.2) is 54.1 Å². The van der Waals surface area contributed by atoms with Gasteiger partial charge in [-0.05, 0) is 63.1 Å². The maximum Gasteiger partial charge on any atom is 0.255 e. The first kappa shape index (κ1) is 21.4. The molecule has 0 bridgehead atoms. The van der Waals surface area contributed by atoms with Crippen molar-refractivity contribution in [2.75, 3.05) is 32.8 Å². The van der Waals surface area contributed by atoms with Crippen molar-refractivity contribution < 1.29 is 14.3 Å². The van der Waals surface area contributed by atoms with Crippen LogP contribution in [-0.2, 0) is 0 Å². The lowest BCUT2D eigenvalue weighted by Crippen LogP contribution is -2.39. The Morgan fingerprint density at radius 2 is 2.00 bits per heavy atom. The van der Waals surface area contributed by atoms with E-state index in [0.29, 0.717) is 30.4 Å². The Bertz CT molecular complexity index is 938. The molecule has 0 spiro atoms. The van der Waals surface area contributed by atoms with Crippen LogP contribution in [-0.4, -0.2) is 49.7 Å². The van der Waals surface area contributed by atoms with Crippen LogP contribution in [0.5, 0.6) is 11.5 Å². The van der Waals surface area contributed by atoms with Gasteiger partial charge in [-0.15, -0.1) is 0 Å². The number of hydrogen-bond acceptors (Lipinski definition) is 4. The summed E-state index contributed by atoms with van der Waals surface area (Å²) in [6.07, 6.45) is 4.58. The number of hydrogen-bond donors (Lipinski definition) is 1. The van der Waals surface area contributed by atoms with E-state index in [9.17, 15) is 4.79 Å². The first-order valence-corrected chi connectivity index (χ1v) is 11.2. The molecule has 1 fully saturated rings. The van der Waals surface area contributed by atoms with Crippen LogP contribution < -0.4 is 14.8 Å². The standard InChI is InChI=1S/C26H32N2O3/c1-19(2)27-26(29)23-10-4-6-12-25(23)31-17-20-8-7-13-28(15-20)16-21-14-22-9-3-5-11-24(22)30-18-21/h3-6,9-12,14,19-20H,7-8,13,15-18H2,1-2H3,(H,27,29). The van der Waals surface area contributed by atoms with Gasteiger partial charge in [-0.3, -0.25) is 9.69 Å². The lowest BCUT2D eigenvalue weighted by Gasteiger charge is -2.34. The Kier molecular flexibility index (Phi) is 6.92. The highest BCUT2D eigenvalue weighted by Gasteiger charge is 2.23. The molecule has 1 atom stereocenters. The highest BCUT2D eigenvalue weighted by atomic mass is 16.5. The second-order valence-electron chi connectivity index (χ2n) is 8.81. The molecular weight excluding hydrogens is 388 g/mol. The third kappa shape index (κ3) is 5.67. The number of ether oxygens (including phenoxy) is 2. The molecule has 2 aliphatic heterocycles. The van der Waals surface area contributed by atoms with Gasteiger partial charge in [-0.2, -0.15) is 0 Å². The van der Waals surface area contributed by atoms with Gasteiger partial charge < -0.3 is 14.8 Å². The zero-order valence-corrected chi connectivity index (χ0v) is 18.5. The van der Waals surface area contributed by atoms with E-state index in [1.807, 2.05) is 50.2 Å². The highest BCUT2D eigenvalue weighted by molar-refractivity contribution is 5.97. The number of amides is 1. The molecule has 31 heavy (non-hydrogen) atoms. The molecule has 2 aliphatic rings. The smallest absolute Gasteiger partial charge is 0.255 e. The summed E-state index contributed by atoms with van der Waals surface area (Å²) in [5, 5.41) is 2.95. The van der Waals surface area contributed by atoms with Crippen LogP contribution in [0, 0.1) is 5.92 Å². The molecule has 164 valence electrons. The van der Waals surface area contributed by atoms with Crippen molar-refractivity contribution in [3.05, 3.63) is 65.2 Å². The fraction of sp³-hybridized carbons (Fsp3) is 0.423. The van der Waals surface area contributed by atoms with E-state index >= 15 is 0 Å². The fourth-order valence-corrected chi connectivity index (χ4v) is 4.30. The summed E-state index contributed by atoms with van der Waals surface area (Å²) in [7, 11) is 0. The van der Waals surface area contributed by atoms with Gasteiger partial charge in [-0.1, -0.05) is 30.3 Å². The number of nitrogens with one attached hydrogen (secondary N) is 1. The lowest BCUT2D eigenvalue weighted by atomic mass is 9.98. The zero-order chi connectivity index (χ0) is 21.6. The Labute approximate surface area is 185 Å². The molecule has 0 aromatic heterocycles. The minimum absolute atomic E-state index is 0.0830. The van der Waals surface area contributed by atoms with Crippen LogP contribution in [0.25, 0.3) is 6.08 Å². The van der Waals surface area contributed by atoms with Crippen molar-refractivity contribution in [1.82, 2.24) is 10.2 Å². The number of benzene rings is 2. The highest BCUT2D eigenvalue weighted by Crippen LogP contribution is 2.27.